The molecule has 0 aromatic carbocycles. The van der Waals surface area contributed by atoms with Crippen LogP contribution in [-0.4, -0.2) is 110 Å². The Morgan fingerprint density at radius 2 is 1.76 bits per heavy atom. The molecule has 0 aliphatic carbocycles. The highest BCUT2D eigenvalue weighted by atomic mass is 16.9. The minimum Gasteiger partial charge on any atom is -0.444 e. The van der Waals surface area contributed by atoms with E-state index in [1.54, 1.807) is 17.9 Å². The zero-order valence-electron chi connectivity index (χ0n) is 21.0. The second-order valence-electron chi connectivity index (χ2n) is 9.11. The lowest BCUT2D eigenvalue weighted by molar-refractivity contribution is -0.329. The molecule has 2 atom stereocenters. The first-order valence-electron chi connectivity index (χ1n) is 11.2. The number of piperazine rings is 1. The van der Waals surface area contributed by atoms with Gasteiger partial charge in [-0.3, -0.25) is 4.79 Å². The van der Waals surface area contributed by atoms with Crippen molar-refractivity contribution in [3.8, 4) is 11.8 Å². The molecule has 0 aromatic rings. The molecule has 0 spiro atoms. The maximum atomic E-state index is 13.2. The number of methoxy groups -OCH3 is 3. The lowest BCUT2D eigenvalue weighted by Crippen LogP contribution is -2.59. The van der Waals surface area contributed by atoms with Gasteiger partial charge >= 0.3 is 12.1 Å². The molecule has 0 radical (unpaired) electrons. The Morgan fingerprint density at radius 3 is 2.29 bits per heavy atom. The number of aliphatic imine (C=N–C) groups is 1. The summed E-state index contributed by atoms with van der Waals surface area (Å²) >= 11 is 0. The van der Waals surface area contributed by atoms with Crippen molar-refractivity contribution in [2.75, 3.05) is 54.1 Å². The third-order valence-corrected chi connectivity index (χ3v) is 5.82. The van der Waals surface area contributed by atoms with E-state index in [1.165, 1.54) is 21.3 Å². The molecule has 0 bridgehead atoms. The fourth-order valence-electron chi connectivity index (χ4n) is 4.20. The summed E-state index contributed by atoms with van der Waals surface area (Å²) in [5, 5.41) is 2.85. The Hall–Kier alpha value is -2.81. The van der Waals surface area contributed by atoms with Crippen LogP contribution in [-0.2, 0) is 23.7 Å². The second kappa shape index (κ2) is 10.2. The van der Waals surface area contributed by atoms with Crippen molar-refractivity contribution in [3.63, 3.8) is 0 Å². The van der Waals surface area contributed by atoms with Crippen LogP contribution >= 0.6 is 0 Å². The molecule has 0 saturated carbocycles. The van der Waals surface area contributed by atoms with Crippen LogP contribution in [0.2, 0.25) is 0 Å². The van der Waals surface area contributed by atoms with Gasteiger partial charge in [-0.15, -0.1) is 5.92 Å². The monoisotopic (exact) mass is 477 g/mol. The van der Waals surface area contributed by atoms with Gasteiger partial charge in [-0.2, -0.15) is 0 Å². The lowest BCUT2D eigenvalue weighted by Gasteiger charge is -2.40. The summed E-state index contributed by atoms with van der Waals surface area (Å²) < 4.78 is 21.7. The molecule has 34 heavy (non-hydrogen) atoms. The second-order valence-corrected chi connectivity index (χ2v) is 9.11. The highest BCUT2D eigenvalue weighted by Crippen LogP contribution is 2.31. The van der Waals surface area contributed by atoms with Crippen molar-refractivity contribution >= 4 is 18.0 Å². The van der Waals surface area contributed by atoms with Crippen LogP contribution in [0.4, 0.5) is 4.79 Å². The molecule has 3 aliphatic rings. The number of amides is 2. The van der Waals surface area contributed by atoms with Crippen molar-refractivity contribution in [2.45, 2.75) is 51.4 Å². The highest BCUT2D eigenvalue weighted by molar-refractivity contribution is 5.95. The number of hydrogen-bond donors (Lipinski definition) is 1. The summed E-state index contributed by atoms with van der Waals surface area (Å²) in [6, 6.07) is -1.03. The number of rotatable bonds is 5. The maximum Gasteiger partial charge on any atom is 0.410 e. The zero-order valence-corrected chi connectivity index (χ0v) is 21.0. The van der Waals surface area contributed by atoms with Crippen LogP contribution < -0.4 is 5.32 Å². The molecule has 1 N–H and O–H groups in total. The summed E-state index contributed by atoms with van der Waals surface area (Å²) in [5.41, 5.74) is -0.207. The average molecular weight is 478 g/mol. The molecule has 3 heterocycles. The summed E-state index contributed by atoms with van der Waals surface area (Å²) in [4.78, 5) is 36.2. The van der Waals surface area contributed by atoms with Crippen molar-refractivity contribution < 1.29 is 28.5 Å². The van der Waals surface area contributed by atoms with Gasteiger partial charge in [0.25, 0.3) is 0 Å². The van der Waals surface area contributed by atoms with E-state index < -0.39 is 23.7 Å². The van der Waals surface area contributed by atoms with Gasteiger partial charge in [0.05, 0.1) is 6.54 Å². The van der Waals surface area contributed by atoms with E-state index in [0.29, 0.717) is 44.4 Å². The molecule has 1 saturated heterocycles. The molecule has 2 amide bonds. The van der Waals surface area contributed by atoms with Crippen LogP contribution in [0.1, 0.15) is 27.7 Å². The van der Waals surface area contributed by atoms with Gasteiger partial charge in [-0.25, -0.2) is 9.79 Å². The van der Waals surface area contributed by atoms with Crippen molar-refractivity contribution in [1.29, 1.82) is 0 Å². The third kappa shape index (κ3) is 5.14. The first kappa shape index (κ1) is 25.8. The van der Waals surface area contributed by atoms with Gasteiger partial charge in [0.2, 0.25) is 5.91 Å². The van der Waals surface area contributed by atoms with Crippen LogP contribution in [0.25, 0.3) is 0 Å². The molecule has 1 fully saturated rings. The topological polar surface area (TPSA) is 105 Å². The Kier molecular flexibility index (Phi) is 7.75. The molecule has 11 nitrogen and oxygen atoms in total. The molecule has 188 valence electrons. The fraction of sp³-hybridized carbons (Fsp3) is 0.696. The molecule has 0 aromatic heterocycles. The minimum atomic E-state index is -1.54. The Balaban J connectivity index is 1.83. The van der Waals surface area contributed by atoms with Gasteiger partial charge in [0, 0.05) is 47.5 Å². The molecule has 3 rings (SSSR count). The largest absolute Gasteiger partial charge is 0.444 e. The van der Waals surface area contributed by atoms with E-state index in [0.717, 1.165) is 0 Å². The predicted molar refractivity (Wildman–Crippen MR) is 125 cm³/mol. The SMILES string of the molecule is CC#CCN1C(N2CCN(C(=O)OC(C)(C)C)CC2)=NC2C=C(C(OC)(OC)OC)NC(=O)C21. The van der Waals surface area contributed by atoms with E-state index in [9.17, 15) is 9.59 Å². The summed E-state index contributed by atoms with van der Waals surface area (Å²) in [5.74, 6) is 4.83. The van der Waals surface area contributed by atoms with Crippen LogP contribution in [0.15, 0.2) is 16.8 Å². The first-order chi connectivity index (χ1) is 16.1. The third-order valence-electron chi connectivity index (χ3n) is 5.82. The Morgan fingerprint density at radius 1 is 1.15 bits per heavy atom. The number of carbonyl (C=O) groups excluding carboxylic acids is 2. The smallest absolute Gasteiger partial charge is 0.410 e. The van der Waals surface area contributed by atoms with Gasteiger partial charge in [0.1, 0.15) is 23.4 Å². The highest BCUT2D eigenvalue weighted by Gasteiger charge is 2.49. The number of nitrogens with zero attached hydrogens (tertiary/aromatic N) is 4. The maximum absolute atomic E-state index is 13.2. The fourth-order valence-corrected chi connectivity index (χ4v) is 4.20. The number of guanidine groups is 1. The Labute approximate surface area is 201 Å². The quantitative estimate of drug-likeness (QED) is 0.453. The molecule has 11 heteroatoms. The van der Waals surface area contributed by atoms with Gasteiger partial charge in [0.15, 0.2) is 5.96 Å². The van der Waals surface area contributed by atoms with Crippen molar-refractivity contribution in [3.05, 3.63) is 11.8 Å². The summed E-state index contributed by atoms with van der Waals surface area (Å²) in [6.45, 7) is 9.75. The van der Waals surface area contributed by atoms with Crippen LogP contribution in [0.5, 0.6) is 0 Å². The zero-order chi connectivity index (χ0) is 25.1. The number of hydrogen-bond acceptors (Lipinski definition) is 9. The van der Waals surface area contributed by atoms with Crippen LogP contribution in [0, 0.1) is 11.8 Å². The van der Waals surface area contributed by atoms with E-state index in [-0.39, 0.29) is 12.0 Å². The van der Waals surface area contributed by atoms with E-state index in [2.05, 4.69) is 22.1 Å². The minimum absolute atomic E-state index is 0.248. The number of ether oxygens (including phenoxy) is 4. The van der Waals surface area contributed by atoms with Gasteiger partial charge in [-0.1, -0.05) is 5.92 Å². The molecule has 3 aliphatic heterocycles. The van der Waals surface area contributed by atoms with E-state index in [1.807, 2.05) is 25.7 Å². The average Bonchev–Trinajstić information content (AvgIpc) is 3.17. The van der Waals surface area contributed by atoms with Gasteiger partial charge in [-0.05, 0) is 33.8 Å². The van der Waals surface area contributed by atoms with Gasteiger partial charge < -0.3 is 39.0 Å². The summed E-state index contributed by atoms with van der Waals surface area (Å²) in [7, 11) is 4.30. The molecular weight excluding hydrogens is 442 g/mol. The van der Waals surface area contributed by atoms with Crippen LogP contribution in [0.3, 0.4) is 0 Å². The number of carbonyl (C=O) groups is 2. The Bertz CT molecular complexity index is 895. The number of nitrogens with one attached hydrogen (secondary N) is 1. The van der Waals surface area contributed by atoms with Crippen molar-refractivity contribution in [1.82, 2.24) is 20.0 Å². The molecular formula is C23H35N5O6. The first-order valence-corrected chi connectivity index (χ1v) is 11.2. The number of fused-ring (bicyclic) bond motifs is 1. The standard InChI is InChI=1S/C23H35N5O6/c1-8-9-10-28-18-16(15-17(25-19(18)29)23(31-5,32-6)33-7)24-20(28)26-11-13-27(14-12-26)21(30)34-22(2,3)4/h15-16,18H,10-14H2,1-7H3,(H,25,29). The van der Waals surface area contributed by atoms with Crippen molar-refractivity contribution in [2.24, 2.45) is 4.99 Å². The van der Waals surface area contributed by atoms with E-state index in [4.69, 9.17) is 23.9 Å². The molecule has 2 unspecified atom stereocenters. The van der Waals surface area contributed by atoms with E-state index >= 15 is 0 Å². The summed E-state index contributed by atoms with van der Waals surface area (Å²) in [6.07, 6.45) is 1.46. The lowest BCUT2D eigenvalue weighted by atomic mass is 10.0. The normalized spacial score (nSPS) is 22.9. The predicted octanol–water partition coefficient (Wildman–Crippen LogP) is 0.578.